The van der Waals surface area contributed by atoms with Gasteiger partial charge in [-0.25, -0.2) is 9.37 Å². The second-order valence-electron chi connectivity index (χ2n) is 6.58. The van der Waals surface area contributed by atoms with Crippen molar-refractivity contribution in [1.82, 2.24) is 9.55 Å². The molecule has 158 valence electrons. The van der Waals surface area contributed by atoms with E-state index in [-0.39, 0.29) is 11.6 Å². The largest absolute Gasteiger partial charge is 0.573 e. The average Bonchev–Trinajstić information content (AvgIpc) is 3.17. The standard InChI is InChI=1S/C23H16F4N2OS/c24-18-8-6-16(7-9-18)15-31-22-28-14-21(17-4-2-1-3-5-17)29(22)19-10-12-20(13-11-19)30-23(25,26)27/h1-14H,15H2. The number of hydrogen-bond donors (Lipinski definition) is 0. The zero-order valence-electron chi connectivity index (χ0n) is 16.0. The van der Waals surface area contributed by atoms with Gasteiger partial charge in [0.05, 0.1) is 11.9 Å². The van der Waals surface area contributed by atoms with Crippen molar-refractivity contribution in [1.29, 1.82) is 0 Å². The number of nitrogens with zero attached hydrogens (tertiary/aromatic N) is 2. The topological polar surface area (TPSA) is 27.1 Å². The van der Waals surface area contributed by atoms with Crippen LogP contribution in [0.15, 0.2) is 90.2 Å². The Hall–Kier alpha value is -3.26. The van der Waals surface area contributed by atoms with Crippen LogP contribution < -0.4 is 4.74 Å². The van der Waals surface area contributed by atoms with Gasteiger partial charge in [0.15, 0.2) is 5.16 Å². The van der Waals surface area contributed by atoms with Crippen molar-refractivity contribution in [3.63, 3.8) is 0 Å². The molecule has 4 aromatic rings. The monoisotopic (exact) mass is 444 g/mol. The molecular formula is C23H16F4N2OS. The van der Waals surface area contributed by atoms with Crippen LogP contribution in [0.5, 0.6) is 5.75 Å². The fourth-order valence-corrected chi connectivity index (χ4v) is 3.97. The molecule has 31 heavy (non-hydrogen) atoms. The van der Waals surface area contributed by atoms with Gasteiger partial charge in [0.25, 0.3) is 0 Å². The molecule has 1 heterocycles. The molecule has 0 saturated heterocycles. The summed E-state index contributed by atoms with van der Waals surface area (Å²) in [7, 11) is 0. The minimum Gasteiger partial charge on any atom is -0.406 e. The molecule has 0 atom stereocenters. The predicted molar refractivity (Wildman–Crippen MR) is 112 cm³/mol. The van der Waals surface area contributed by atoms with Crippen LogP contribution in [-0.4, -0.2) is 15.9 Å². The quantitative estimate of drug-likeness (QED) is 0.240. The number of aromatic nitrogens is 2. The Labute approximate surface area is 180 Å². The van der Waals surface area contributed by atoms with Crippen LogP contribution in [0.1, 0.15) is 5.56 Å². The van der Waals surface area contributed by atoms with Gasteiger partial charge in [0.1, 0.15) is 11.6 Å². The van der Waals surface area contributed by atoms with Gasteiger partial charge in [-0.1, -0.05) is 54.2 Å². The van der Waals surface area contributed by atoms with E-state index in [0.29, 0.717) is 16.6 Å². The van der Waals surface area contributed by atoms with Crippen molar-refractivity contribution < 1.29 is 22.3 Å². The molecule has 0 spiro atoms. The first-order chi connectivity index (χ1) is 14.9. The molecule has 0 aliphatic carbocycles. The van der Waals surface area contributed by atoms with E-state index >= 15 is 0 Å². The Morgan fingerprint density at radius 1 is 0.871 bits per heavy atom. The normalized spacial score (nSPS) is 11.5. The van der Waals surface area contributed by atoms with E-state index in [0.717, 1.165) is 16.8 Å². The minimum absolute atomic E-state index is 0.293. The molecule has 0 amide bonds. The number of alkyl halides is 3. The molecule has 0 radical (unpaired) electrons. The number of halogens is 4. The maximum absolute atomic E-state index is 13.2. The summed E-state index contributed by atoms with van der Waals surface area (Å²) in [5.74, 6) is -0.0400. The fraction of sp³-hybridized carbons (Fsp3) is 0.0870. The Morgan fingerprint density at radius 2 is 1.55 bits per heavy atom. The fourth-order valence-electron chi connectivity index (χ4n) is 3.02. The SMILES string of the molecule is Fc1ccc(CSc2ncc(-c3ccccc3)n2-c2ccc(OC(F)(F)F)cc2)cc1. The molecule has 3 nitrogen and oxygen atoms in total. The van der Waals surface area contributed by atoms with E-state index in [2.05, 4.69) is 9.72 Å². The molecule has 0 aliphatic rings. The summed E-state index contributed by atoms with van der Waals surface area (Å²) >= 11 is 1.45. The highest BCUT2D eigenvalue weighted by atomic mass is 32.2. The molecule has 0 bridgehead atoms. The van der Waals surface area contributed by atoms with Crippen LogP contribution in [0.3, 0.4) is 0 Å². The minimum atomic E-state index is -4.75. The number of ether oxygens (including phenoxy) is 1. The third-order valence-electron chi connectivity index (χ3n) is 4.41. The van der Waals surface area contributed by atoms with Crippen LogP contribution in [0, 0.1) is 5.82 Å². The molecular weight excluding hydrogens is 428 g/mol. The molecule has 0 saturated carbocycles. The summed E-state index contributed by atoms with van der Waals surface area (Å²) < 4.78 is 56.5. The van der Waals surface area contributed by atoms with Gasteiger partial charge in [0, 0.05) is 17.0 Å². The lowest BCUT2D eigenvalue weighted by Gasteiger charge is -2.14. The summed E-state index contributed by atoms with van der Waals surface area (Å²) in [5.41, 5.74) is 3.29. The summed E-state index contributed by atoms with van der Waals surface area (Å²) in [6.45, 7) is 0. The Bertz CT molecular complexity index is 1140. The molecule has 0 aliphatic heterocycles. The van der Waals surface area contributed by atoms with Gasteiger partial charge in [-0.05, 0) is 42.0 Å². The second kappa shape index (κ2) is 8.85. The highest BCUT2D eigenvalue weighted by Crippen LogP contribution is 2.32. The third-order valence-corrected chi connectivity index (χ3v) is 5.43. The average molecular weight is 444 g/mol. The highest BCUT2D eigenvalue weighted by Gasteiger charge is 2.31. The molecule has 0 N–H and O–H groups in total. The maximum Gasteiger partial charge on any atom is 0.573 e. The first kappa shape index (κ1) is 21.0. The second-order valence-corrected chi connectivity index (χ2v) is 7.53. The lowest BCUT2D eigenvalue weighted by molar-refractivity contribution is -0.274. The first-order valence-corrected chi connectivity index (χ1v) is 10.2. The van der Waals surface area contributed by atoms with Crippen LogP contribution in [-0.2, 0) is 5.75 Å². The van der Waals surface area contributed by atoms with Gasteiger partial charge in [-0.15, -0.1) is 13.2 Å². The Kier molecular flexibility index (Phi) is 5.99. The number of thioether (sulfide) groups is 1. The van der Waals surface area contributed by atoms with Crippen LogP contribution >= 0.6 is 11.8 Å². The zero-order valence-corrected chi connectivity index (χ0v) is 16.8. The molecule has 4 rings (SSSR count). The van der Waals surface area contributed by atoms with E-state index in [1.807, 2.05) is 34.9 Å². The number of imidazole rings is 1. The lowest BCUT2D eigenvalue weighted by atomic mass is 10.1. The zero-order chi connectivity index (χ0) is 21.8. The Balaban J connectivity index is 1.68. The summed E-state index contributed by atoms with van der Waals surface area (Å²) in [4.78, 5) is 4.52. The van der Waals surface area contributed by atoms with Gasteiger partial charge < -0.3 is 4.74 Å². The molecule has 8 heteroatoms. The van der Waals surface area contributed by atoms with Crippen molar-refractivity contribution in [2.75, 3.05) is 0 Å². The lowest BCUT2D eigenvalue weighted by Crippen LogP contribution is -2.17. The van der Waals surface area contributed by atoms with Crippen molar-refractivity contribution >= 4 is 11.8 Å². The summed E-state index contributed by atoms with van der Waals surface area (Å²) in [5, 5.41) is 0.660. The van der Waals surface area contributed by atoms with Gasteiger partial charge in [-0.2, -0.15) is 0 Å². The van der Waals surface area contributed by atoms with E-state index in [9.17, 15) is 17.6 Å². The van der Waals surface area contributed by atoms with Crippen molar-refractivity contribution in [3.05, 3.63) is 96.4 Å². The summed E-state index contributed by atoms with van der Waals surface area (Å²) in [6, 6.07) is 21.4. The van der Waals surface area contributed by atoms with Crippen molar-refractivity contribution in [3.8, 4) is 22.7 Å². The van der Waals surface area contributed by atoms with Gasteiger partial charge in [0.2, 0.25) is 0 Å². The van der Waals surface area contributed by atoms with E-state index < -0.39 is 6.36 Å². The van der Waals surface area contributed by atoms with Crippen molar-refractivity contribution in [2.24, 2.45) is 0 Å². The van der Waals surface area contributed by atoms with Crippen LogP contribution in [0.4, 0.5) is 17.6 Å². The molecule has 1 aromatic heterocycles. The third kappa shape index (κ3) is 5.27. The van der Waals surface area contributed by atoms with Gasteiger partial charge in [-0.3, -0.25) is 4.57 Å². The molecule has 0 fully saturated rings. The number of benzene rings is 3. The van der Waals surface area contributed by atoms with Crippen molar-refractivity contribution in [2.45, 2.75) is 17.3 Å². The van der Waals surface area contributed by atoms with Gasteiger partial charge >= 0.3 is 6.36 Å². The predicted octanol–water partition coefficient (Wildman–Crippen LogP) is 6.87. The summed E-state index contributed by atoms with van der Waals surface area (Å²) in [6.07, 6.45) is -3.02. The Morgan fingerprint density at radius 3 is 2.19 bits per heavy atom. The van der Waals surface area contributed by atoms with Crippen LogP contribution in [0.2, 0.25) is 0 Å². The van der Waals surface area contributed by atoms with E-state index in [4.69, 9.17) is 0 Å². The van der Waals surface area contributed by atoms with Crippen LogP contribution in [0.25, 0.3) is 16.9 Å². The highest BCUT2D eigenvalue weighted by molar-refractivity contribution is 7.98. The maximum atomic E-state index is 13.2. The molecule has 0 unspecified atom stereocenters. The number of hydrogen-bond acceptors (Lipinski definition) is 3. The number of rotatable bonds is 6. The first-order valence-electron chi connectivity index (χ1n) is 9.26. The van der Waals surface area contributed by atoms with E-state index in [1.165, 1.54) is 36.0 Å². The smallest absolute Gasteiger partial charge is 0.406 e. The van der Waals surface area contributed by atoms with E-state index in [1.54, 1.807) is 30.5 Å². The molecule has 3 aromatic carbocycles.